The maximum Gasteiger partial charge on any atom is 0.338 e. The van der Waals surface area contributed by atoms with Crippen LogP contribution in [0.15, 0.2) is 24.3 Å². The lowest BCUT2D eigenvalue weighted by atomic mass is 10.2. The van der Waals surface area contributed by atoms with Crippen LogP contribution in [-0.2, 0) is 33.3 Å². The molecule has 0 radical (unpaired) electrons. The van der Waals surface area contributed by atoms with Gasteiger partial charge in [-0.15, -0.1) is 0 Å². The fourth-order valence-corrected chi connectivity index (χ4v) is 2.50. The first-order valence-corrected chi connectivity index (χ1v) is 11.3. The van der Waals surface area contributed by atoms with Crippen molar-refractivity contribution in [2.75, 3.05) is 77.9 Å². The van der Waals surface area contributed by atoms with Gasteiger partial charge in [-0.25, -0.2) is 9.59 Å². The number of rotatable bonds is 21. The van der Waals surface area contributed by atoms with E-state index in [4.69, 9.17) is 24.1 Å². The second kappa shape index (κ2) is 19.7. The number of ether oxygens (including phenoxy) is 5. The Labute approximate surface area is 200 Å². The normalized spacial score (nSPS) is 10.6. The molecule has 11 heteroatoms. The van der Waals surface area contributed by atoms with Crippen molar-refractivity contribution < 1.29 is 43.2 Å². The molecule has 0 saturated heterocycles. The standard InChI is InChI=1S/C23H36N2O9/c1-2-3-8-24-20-6-4-19(5-7-20)23(29)34-16-15-32-14-13-31-12-11-30-10-9-25-21(26)17-33-18-22(27)28/h4-7,24H,2-3,8-18H2,1H3,(H,25,26)(H,27,28). The number of benzene rings is 1. The van der Waals surface area contributed by atoms with Gasteiger partial charge >= 0.3 is 11.9 Å². The van der Waals surface area contributed by atoms with Gasteiger partial charge in [-0.2, -0.15) is 0 Å². The zero-order valence-corrected chi connectivity index (χ0v) is 19.7. The minimum atomic E-state index is -1.13. The molecule has 0 spiro atoms. The summed E-state index contributed by atoms with van der Waals surface area (Å²) in [5, 5.41) is 14.2. The SMILES string of the molecule is CCCCNc1ccc(C(=O)OCCOCCOCCOCCNC(=O)COCC(=O)O)cc1. The predicted molar refractivity (Wildman–Crippen MR) is 124 cm³/mol. The van der Waals surface area contributed by atoms with E-state index in [9.17, 15) is 14.4 Å². The van der Waals surface area contributed by atoms with Crippen LogP contribution in [0.25, 0.3) is 0 Å². The molecule has 1 aromatic rings. The highest BCUT2D eigenvalue weighted by Crippen LogP contribution is 2.10. The van der Waals surface area contributed by atoms with Gasteiger partial charge in [0.1, 0.15) is 19.8 Å². The largest absolute Gasteiger partial charge is 0.480 e. The van der Waals surface area contributed by atoms with E-state index < -0.39 is 18.5 Å². The fraction of sp³-hybridized carbons (Fsp3) is 0.609. The number of aliphatic carboxylic acids is 1. The summed E-state index contributed by atoms with van der Waals surface area (Å²) in [6.07, 6.45) is 2.22. The number of unbranched alkanes of at least 4 members (excludes halogenated alkanes) is 1. The van der Waals surface area contributed by atoms with Crippen LogP contribution >= 0.6 is 0 Å². The predicted octanol–water partition coefficient (Wildman–Crippen LogP) is 1.32. The van der Waals surface area contributed by atoms with Gasteiger partial charge in [-0.3, -0.25) is 4.79 Å². The summed E-state index contributed by atoms with van der Waals surface area (Å²) in [5.41, 5.74) is 1.47. The Hall–Kier alpha value is -2.73. The number of esters is 1. The smallest absolute Gasteiger partial charge is 0.338 e. The van der Waals surface area contributed by atoms with Crippen LogP contribution in [0.3, 0.4) is 0 Å². The number of carboxylic acids is 1. The van der Waals surface area contributed by atoms with Gasteiger partial charge in [0, 0.05) is 18.8 Å². The van der Waals surface area contributed by atoms with Gasteiger partial charge in [-0.1, -0.05) is 13.3 Å². The number of hydrogen-bond acceptors (Lipinski definition) is 9. The molecule has 192 valence electrons. The molecular formula is C23H36N2O9. The zero-order valence-electron chi connectivity index (χ0n) is 19.7. The summed E-state index contributed by atoms with van der Waals surface area (Å²) in [4.78, 5) is 33.6. The minimum absolute atomic E-state index is 0.158. The van der Waals surface area contributed by atoms with Crippen LogP contribution in [0.4, 0.5) is 5.69 Å². The van der Waals surface area contributed by atoms with Gasteiger partial charge in [-0.05, 0) is 30.7 Å². The fourth-order valence-electron chi connectivity index (χ4n) is 2.50. The topological polar surface area (TPSA) is 142 Å². The van der Waals surface area contributed by atoms with Crippen LogP contribution in [-0.4, -0.2) is 95.5 Å². The third-order valence-electron chi connectivity index (χ3n) is 4.21. The molecule has 0 saturated carbocycles. The van der Waals surface area contributed by atoms with Crippen molar-refractivity contribution in [2.24, 2.45) is 0 Å². The molecule has 1 aromatic carbocycles. The second-order valence-corrected chi connectivity index (χ2v) is 7.07. The van der Waals surface area contributed by atoms with Crippen molar-refractivity contribution in [3.8, 4) is 0 Å². The molecule has 3 N–H and O–H groups in total. The van der Waals surface area contributed by atoms with Crippen molar-refractivity contribution >= 4 is 23.5 Å². The minimum Gasteiger partial charge on any atom is -0.480 e. The molecule has 0 aliphatic heterocycles. The van der Waals surface area contributed by atoms with E-state index in [2.05, 4.69) is 22.3 Å². The summed E-state index contributed by atoms with van der Waals surface area (Å²) < 4.78 is 25.9. The molecule has 34 heavy (non-hydrogen) atoms. The van der Waals surface area contributed by atoms with Crippen molar-refractivity contribution in [3.63, 3.8) is 0 Å². The number of carbonyl (C=O) groups is 3. The highest BCUT2D eigenvalue weighted by molar-refractivity contribution is 5.89. The van der Waals surface area contributed by atoms with Crippen molar-refractivity contribution in [1.82, 2.24) is 5.32 Å². The Bertz CT molecular complexity index is 698. The first kappa shape index (κ1) is 29.3. The first-order chi connectivity index (χ1) is 16.5. The van der Waals surface area contributed by atoms with Gasteiger partial charge in [0.2, 0.25) is 5.91 Å². The van der Waals surface area contributed by atoms with Crippen LogP contribution in [0.5, 0.6) is 0 Å². The lowest BCUT2D eigenvalue weighted by Crippen LogP contribution is -2.31. The highest BCUT2D eigenvalue weighted by Gasteiger charge is 2.07. The number of nitrogens with one attached hydrogen (secondary N) is 2. The van der Waals surface area contributed by atoms with Crippen molar-refractivity contribution in [3.05, 3.63) is 29.8 Å². The lowest BCUT2D eigenvalue weighted by molar-refractivity contribution is -0.143. The Morgan fingerprint density at radius 1 is 0.794 bits per heavy atom. The average molecular weight is 485 g/mol. The lowest BCUT2D eigenvalue weighted by Gasteiger charge is -2.09. The molecule has 0 aromatic heterocycles. The van der Waals surface area contributed by atoms with E-state index in [1.807, 2.05) is 12.1 Å². The number of anilines is 1. The third-order valence-corrected chi connectivity index (χ3v) is 4.21. The summed E-state index contributed by atoms with van der Waals surface area (Å²) in [7, 11) is 0. The molecule has 0 fully saturated rings. The van der Waals surface area contributed by atoms with Crippen LogP contribution < -0.4 is 10.6 Å². The molecule has 0 aliphatic carbocycles. The van der Waals surface area contributed by atoms with E-state index >= 15 is 0 Å². The number of hydrogen-bond donors (Lipinski definition) is 3. The molecule has 0 atom stereocenters. The Kier molecular flexibility index (Phi) is 17.0. The molecule has 1 amide bonds. The van der Waals surface area contributed by atoms with Gasteiger partial charge in [0.15, 0.2) is 0 Å². The number of amides is 1. The van der Waals surface area contributed by atoms with Crippen LogP contribution in [0, 0.1) is 0 Å². The van der Waals surface area contributed by atoms with Crippen molar-refractivity contribution in [2.45, 2.75) is 19.8 Å². The van der Waals surface area contributed by atoms with Crippen LogP contribution in [0.1, 0.15) is 30.1 Å². The molecular weight excluding hydrogens is 448 g/mol. The van der Waals surface area contributed by atoms with E-state index in [1.54, 1.807) is 12.1 Å². The van der Waals surface area contributed by atoms with E-state index in [0.29, 0.717) is 38.6 Å². The Morgan fingerprint density at radius 3 is 2.03 bits per heavy atom. The maximum absolute atomic E-state index is 12.0. The molecule has 11 nitrogen and oxygen atoms in total. The van der Waals surface area contributed by atoms with Gasteiger partial charge in [0.25, 0.3) is 0 Å². The van der Waals surface area contributed by atoms with Gasteiger partial charge in [0.05, 0.1) is 45.2 Å². The first-order valence-electron chi connectivity index (χ1n) is 11.3. The Balaban J connectivity index is 1.90. The summed E-state index contributed by atoms with van der Waals surface area (Å²) >= 11 is 0. The quantitative estimate of drug-likeness (QED) is 0.173. The second-order valence-electron chi connectivity index (χ2n) is 7.07. The number of carbonyl (C=O) groups excluding carboxylic acids is 2. The van der Waals surface area contributed by atoms with Crippen LogP contribution in [0.2, 0.25) is 0 Å². The van der Waals surface area contributed by atoms with Gasteiger partial charge < -0.3 is 39.4 Å². The molecule has 0 unspecified atom stereocenters. The molecule has 0 bridgehead atoms. The molecule has 0 aliphatic rings. The Morgan fingerprint density at radius 2 is 1.41 bits per heavy atom. The van der Waals surface area contributed by atoms with E-state index in [1.165, 1.54) is 0 Å². The van der Waals surface area contributed by atoms with E-state index in [-0.39, 0.29) is 32.3 Å². The molecule has 1 rings (SSSR count). The zero-order chi connectivity index (χ0) is 24.9. The molecule has 0 heterocycles. The maximum atomic E-state index is 12.0. The summed E-state index contributed by atoms with van der Waals surface area (Å²) in [6.45, 7) is 4.71. The van der Waals surface area contributed by atoms with Crippen molar-refractivity contribution in [1.29, 1.82) is 0 Å². The highest BCUT2D eigenvalue weighted by atomic mass is 16.6. The summed E-state index contributed by atoms with van der Waals surface area (Å²) in [6, 6.07) is 7.19. The summed E-state index contributed by atoms with van der Waals surface area (Å²) in [5.74, 6) is -1.92. The third kappa shape index (κ3) is 16.0. The average Bonchev–Trinajstić information content (AvgIpc) is 2.82. The number of carboxylic acid groups (broad SMARTS) is 1. The monoisotopic (exact) mass is 484 g/mol. The van der Waals surface area contributed by atoms with E-state index in [0.717, 1.165) is 25.1 Å².